The maximum Gasteiger partial charge on any atom is 0.226 e. The van der Waals surface area contributed by atoms with Gasteiger partial charge in [0.25, 0.3) is 0 Å². The maximum atomic E-state index is 12.0. The summed E-state index contributed by atoms with van der Waals surface area (Å²) >= 11 is 0. The predicted molar refractivity (Wildman–Crippen MR) is 98.0 cm³/mol. The molecule has 0 saturated carbocycles. The number of nitriles is 1. The van der Waals surface area contributed by atoms with Crippen LogP contribution in [0.15, 0.2) is 48.5 Å². The van der Waals surface area contributed by atoms with E-state index >= 15 is 0 Å². The van der Waals surface area contributed by atoms with Crippen molar-refractivity contribution in [3.8, 4) is 6.07 Å². The van der Waals surface area contributed by atoms with Gasteiger partial charge in [-0.3, -0.25) is 4.79 Å². The minimum absolute atomic E-state index is 0.0499. The Morgan fingerprint density at radius 1 is 1.08 bits per heavy atom. The monoisotopic (exact) mass is 321 g/mol. The van der Waals surface area contributed by atoms with E-state index in [2.05, 4.69) is 43.5 Å². The average Bonchev–Trinajstić information content (AvgIpc) is 2.55. The van der Waals surface area contributed by atoms with E-state index in [-0.39, 0.29) is 11.3 Å². The lowest BCUT2D eigenvalue weighted by molar-refractivity contribution is -0.115. The van der Waals surface area contributed by atoms with Gasteiger partial charge in [0.2, 0.25) is 5.91 Å². The van der Waals surface area contributed by atoms with E-state index in [0.717, 1.165) is 5.69 Å². The number of rotatable bonds is 5. The summed E-state index contributed by atoms with van der Waals surface area (Å²) in [7, 11) is 0. The van der Waals surface area contributed by atoms with Gasteiger partial charge in [-0.1, -0.05) is 39.0 Å². The quantitative estimate of drug-likeness (QED) is 0.863. The van der Waals surface area contributed by atoms with Crippen molar-refractivity contribution in [1.29, 1.82) is 5.26 Å². The summed E-state index contributed by atoms with van der Waals surface area (Å²) in [4.78, 5) is 12.0. The first-order valence-electron chi connectivity index (χ1n) is 8.03. The van der Waals surface area contributed by atoms with Gasteiger partial charge in [-0.15, -0.1) is 0 Å². The number of anilines is 2. The molecule has 0 fully saturated rings. The summed E-state index contributed by atoms with van der Waals surface area (Å²) in [5, 5.41) is 15.0. The van der Waals surface area contributed by atoms with Crippen molar-refractivity contribution in [2.75, 3.05) is 17.2 Å². The van der Waals surface area contributed by atoms with Crippen molar-refractivity contribution in [3.63, 3.8) is 0 Å². The third kappa shape index (κ3) is 4.85. The lowest BCUT2D eigenvalue weighted by Gasteiger charge is -2.23. The van der Waals surface area contributed by atoms with E-state index in [1.54, 1.807) is 24.3 Å². The topological polar surface area (TPSA) is 64.9 Å². The minimum Gasteiger partial charge on any atom is -0.384 e. The van der Waals surface area contributed by atoms with Gasteiger partial charge < -0.3 is 10.6 Å². The van der Waals surface area contributed by atoms with E-state index in [1.807, 2.05) is 18.2 Å². The molecule has 0 unspecified atom stereocenters. The molecule has 0 aromatic heterocycles. The van der Waals surface area contributed by atoms with Gasteiger partial charge >= 0.3 is 0 Å². The van der Waals surface area contributed by atoms with Crippen LogP contribution in [0.25, 0.3) is 0 Å². The van der Waals surface area contributed by atoms with Crippen LogP contribution < -0.4 is 10.6 Å². The molecule has 4 nitrogen and oxygen atoms in total. The van der Waals surface area contributed by atoms with Crippen molar-refractivity contribution < 1.29 is 4.79 Å². The zero-order valence-electron chi connectivity index (χ0n) is 14.4. The van der Waals surface area contributed by atoms with Crippen LogP contribution in [-0.2, 0) is 10.2 Å². The van der Waals surface area contributed by atoms with E-state index in [9.17, 15) is 4.79 Å². The molecule has 0 atom stereocenters. The van der Waals surface area contributed by atoms with E-state index in [0.29, 0.717) is 24.2 Å². The Hall–Kier alpha value is -2.80. The molecule has 0 radical (unpaired) electrons. The van der Waals surface area contributed by atoms with Crippen molar-refractivity contribution in [2.45, 2.75) is 32.6 Å². The Morgan fingerprint density at radius 3 is 2.38 bits per heavy atom. The van der Waals surface area contributed by atoms with Crippen LogP contribution in [0, 0.1) is 11.3 Å². The normalized spacial score (nSPS) is 10.8. The number of benzene rings is 2. The van der Waals surface area contributed by atoms with Gasteiger partial charge in [0.05, 0.1) is 11.6 Å². The molecule has 2 N–H and O–H groups in total. The highest BCUT2D eigenvalue weighted by molar-refractivity contribution is 5.91. The molecule has 0 aliphatic rings. The van der Waals surface area contributed by atoms with Crippen LogP contribution >= 0.6 is 0 Å². The molecule has 124 valence electrons. The second-order valence-electron chi connectivity index (χ2n) is 6.71. The number of carbonyl (C=O) groups is 1. The molecule has 1 amide bonds. The van der Waals surface area contributed by atoms with E-state index < -0.39 is 0 Å². The van der Waals surface area contributed by atoms with Crippen LogP contribution in [0.1, 0.15) is 38.3 Å². The number of nitrogens with one attached hydrogen (secondary N) is 2. The molecule has 2 aromatic rings. The van der Waals surface area contributed by atoms with Gasteiger partial charge in [0.1, 0.15) is 0 Å². The third-order valence-corrected chi connectivity index (χ3v) is 3.70. The number of carbonyl (C=O) groups excluding carboxylic acids is 1. The van der Waals surface area contributed by atoms with Gasteiger partial charge in [0.15, 0.2) is 0 Å². The molecule has 0 saturated heterocycles. The lowest BCUT2D eigenvalue weighted by atomic mass is 9.86. The lowest BCUT2D eigenvalue weighted by Crippen LogP contribution is -2.19. The Bertz CT molecular complexity index is 737. The van der Waals surface area contributed by atoms with Crippen LogP contribution in [0.4, 0.5) is 11.4 Å². The van der Waals surface area contributed by atoms with Crippen molar-refractivity contribution in [2.24, 2.45) is 0 Å². The second kappa shape index (κ2) is 7.65. The molecule has 24 heavy (non-hydrogen) atoms. The molecule has 0 spiro atoms. The first-order valence-corrected chi connectivity index (χ1v) is 8.03. The summed E-state index contributed by atoms with van der Waals surface area (Å²) in [6.07, 6.45) is 0.373. The molecule has 0 aliphatic carbocycles. The Labute approximate surface area is 143 Å². The molecular weight excluding hydrogens is 298 g/mol. The largest absolute Gasteiger partial charge is 0.384 e. The summed E-state index contributed by atoms with van der Waals surface area (Å²) in [5.74, 6) is -0.0551. The maximum absolute atomic E-state index is 12.0. The molecule has 2 rings (SSSR count). The minimum atomic E-state index is -0.0551. The SMILES string of the molecule is CC(C)(C)c1ccccc1NCCC(=O)Nc1ccc(C#N)cc1. The van der Waals surface area contributed by atoms with Gasteiger partial charge in [-0.25, -0.2) is 0 Å². The number of hydrogen-bond donors (Lipinski definition) is 2. The number of amides is 1. The molecule has 0 aliphatic heterocycles. The standard InChI is InChI=1S/C20H23N3O/c1-20(2,3)17-6-4-5-7-18(17)22-13-12-19(24)23-16-10-8-15(14-21)9-11-16/h4-11,22H,12-13H2,1-3H3,(H,23,24). The summed E-state index contributed by atoms with van der Waals surface area (Å²) in [6.45, 7) is 7.08. The second-order valence-corrected chi connectivity index (χ2v) is 6.71. The van der Waals surface area contributed by atoms with Crippen LogP contribution in [0.2, 0.25) is 0 Å². The fourth-order valence-electron chi connectivity index (χ4n) is 2.45. The van der Waals surface area contributed by atoms with E-state index in [4.69, 9.17) is 5.26 Å². The molecule has 4 heteroatoms. The third-order valence-electron chi connectivity index (χ3n) is 3.70. The van der Waals surface area contributed by atoms with Crippen molar-refractivity contribution in [3.05, 3.63) is 59.7 Å². The highest BCUT2D eigenvalue weighted by Crippen LogP contribution is 2.29. The fraction of sp³-hybridized carbons (Fsp3) is 0.300. The summed E-state index contributed by atoms with van der Waals surface area (Å²) in [5.41, 5.74) is 3.63. The van der Waals surface area contributed by atoms with Crippen LogP contribution in [0.3, 0.4) is 0 Å². The molecule has 0 heterocycles. The first-order chi connectivity index (χ1) is 11.4. The van der Waals surface area contributed by atoms with Crippen LogP contribution in [0.5, 0.6) is 0 Å². The highest BCUT2D eigenvalue weighted by atomic mass is 16.1. The average molecular weight is 321 g/mol. The number of nitrogens with zero attached hydrogens (tertiary/aromatic N) is 1. The molecular formula is C20H23N3O. The molecule has 0 bridgehead atoms. The number of hydrogen-bond acceptors (Lipinski definition) is 3. The van der Waals surface area contributed by atoms with Gasteiger partial charge in [0, 0.05) is 24.3 Å². The van der Waals surface area contributed by atoms with Crippen LogP contribution in [-0.4, -0.2) is 12.5 Å². The fourth-order valence-corrected chi connectivity index (χ4v) is 2.45. The van der Waals surface area contributed by atoms with Crippen molar-refractivity contribution in [1.82, 2.24) is 0 Å². The van der Waals surface area contributed by atoms with Gasteiger partial charge in [-0.2, -0.15) is 5.26 Å². The molecule has 2 aromatic carbocycles. The summed E-state index contributed by atoms with van der Waals surface area (Å²) < 4.78 is 0. The zero-order chi connectivity index (χ0) is 17.6. The summed E-state index contributed by atoms with van der Waals surface area (Å²) in [6, 6.07) is 17.1. The number of para-hydroxylation sites is 1. The van der Waals surface area contributed by atoms with Crippen molar-refractivity contribution >= 4 is 17.3 Å². The first kappa shape index (κ1) is 17.6. The van der Waals surface area contributed by atoms with Gasteiger partial charge in [-0.05, 0) is 41.3 Å². The highest BCUT2D eigenvalue weighted by Gasteiger charge is 2.17. The Morgan fingerprint density at radius 2 is 1.75 bits per heavy atom. The predicted octanol–water partition coefficient (Wildman–Crippen LogP) is 4.30. The zero-order valence-corrected chi connectivity index (χ0v) is 14.4. The Kier molecular flexibility index (Phi) is 5.59. The Balaban J connectivity index is 1.88. The van der Waals surface area contributed by atoms with E-state index in [1.165, 1.54) is 5.56 Å². The smallest absolute Gasteiger partial charge is 0.226 e.